The van der Waals surface area contributed by atoms with E-state index in [1.807, 2.05) is 0 Å². The maximum Gasteiger partial charge on any atom is 0.226 e. The molecular weight excluding hydrogens is 368 g/mol. The second-order valence-corrected chi connectivity index (χ2v) is 7.26. The van der Waals surface area contributed by atoms with Gasteiger partial charge in [0.05, 0.1) is 11.9 Å². The van der Waals surface area contributed by atoms with E-state index in [4.69, 9.17) is 0 Å². The van der Waals surface area contributed by atoms with Gasteiger partial charge in [0, 0.05) is 15.9 Å². The van der Waals surface area contributed by atoms with E-state index in [-0.39, 0.29) is 0 Å². The molecule has 0 amide bonds. The summed E-state index contributed by atoms with van der Waals surface area (Å²) in [6.45, 7) is 3.77. The van der Waals surface area contributed by atoms with E-state index >= 15 is 0 Å². The minimum atomic E-state index is 0.694. The predicted molar refractivity (Wildman–Crippen MR) is 95.5 cm³/mol. The summed E-state index contributed by atoms with van der Waals surface area (Å²) in [6.07, 6.45) is 1.05. The van der Waals surface area contributed by atoms with Gasteiger partial charge < -0.3 is 10.6 Å². The number of fused-ring (bicyclic) bond motifs is 1. The second kappa shape index (κ2) is 6.72. The number of rotatable bonds is 6. The Hall–Kier alpha value is -1.18. The number of hydrogen-bond donors (Lipinski definition) is 2. The Labute approximate surface area is 139 Å². The van der Waals surface area contributed by atoms with Crippen LogP contribution in [0.25, 0.3) is 10.2 Å². The molecule has 0 aliphatic carbocycles. The lowest BCUT2D eigenvalue weighted by atomic mass is 10.3. The fraction of sp³-hybridized carbons (Fsp3) is 0.286. The highest BCUT2D eigenvalue weighted by molar-refractivity contribution is 9.10. The van der Waals surface area contributed by atoms with Crippen molar-refractivity contribution < 1.29 is 0 Å². The highest BCUT2D eigenvalue weighted by Crippen LogP contribution is 2.28. The molecule has 0 aliphatic heterocycles. The van der Waals surface area contributed by atoms with Gasteiger partial charge in [0.15, 0.2) is 0 Å². The van der Waals surface area contributed by atoms with Gasteiger partial charge in [-0.15, -0.1) is 22.7 Å². The third-order valence-electron chi connectivity index (χ3n) is 2.97. The molecule has 3 heterocycles. The fourth-order valence-corrected chi connectivity index (χ4v) is 4.12. The van der Waals surface area contributed by atoms with E-state index in [2.05, 4.69) is 66.3 Å². The molecule has 0 fully saturated rings. The summed E-state index contributed by atoms with van der Waals surface area (Å²) in [5.74, 6) is 1.58. The van der Waals surface area contributed by atoms with Crippen LogP contribution in [0.2, 0.25) is 0 Å². The van der Waals surface area contributed by atoms with Crippen LogP contribution in [-0.4, -0.2) is 16.5 Å². The van der Waals surface area contributed by atoms with Gasteiger partial charge in [-0.3, -0.25) is 0 Å². The first kappa shape index (κ1) is 14.7. The molecule has 0 radical (unpaired) electrons. The lowest BCUT2D eigenvalue weighted by molar-refractivity contribution is 0.956. The molecule has 0 spiro atoms. The van der Waals surface area contributed by atoms with Gasteiger partial charge >= 0.3 is 0 Å². The zero-order valence-corrected chi connectivity index (χ0v) is 14.7. The van der Waals surface area contributed by atoms with Crippen LogP contribution in [0.1, 0.15) is 18.2 Å². The number of nitrogens with one attached hydrogen (secondary N) is 2. The Bertz CT molecular complexity index is 737. The van der Waals surface area contributed by atoms with E-state index in [9.17, 15) is 0 Å². The Kier molecular flexibility index (Phi) is 4.72. The van der Waals surface area contributed by atoms with Crippen molar-refractivity contribution in [2.45, 2.75) is 19.9 Å². The minimum Gasteiger partial charge on any atom is -0.364 e. The topological polar surface area (TPSA) is 49.8 Å². The van der Waals surface area contributed by atoms with Crippen molar-refractivity contribution in [2.24, 2.45) is 0 Å². The van der Waals surface area contributed by atoms with Crippen LogP contribution in [0.15, 0.2) is 27.4 Å². The molecule has 21 heavy (non-hydrogen) atoms. The summed E-state index contributed by atoms with van der Waals surface area (Å²) in [5.41, 5.74) is 0. The first-order valence-electron chi connectivity index (χ1n) is 6.72. The zero-order chi connectivity index (χ0) is 14.7. The predicted octanol–water partition coefficient (Wildman–Crippen LogP) is 4.95. The molecule has 0 unspecified atom stereocenters. The van der Waals surface area contributed by atoms with Gasteiger partial charge in [-0.1, -0.05) is 6.92 Å². The zero-order valence-electron chi connectivity index (χ0n) is 11.5. The van der Waals surface area contributed by atoms with Gasteiger partial charge in [-0.05, 0) is 45.2 Å². The number of halogens is 1. The number of thiophene rings is 2. The molecule has 110 valence electrons. The van der Waals surface area contributed by atoms with Crippen LogP contribution in [0, 0.1) is 0 Å². The molecule has 0 atom stereocenters. The number of anilines is 2. The monoisotopic (exact) mass is 382 g/mol. The average molecular weight is 383 g/mol. The minimum absolute atomic E-state index is 0.694. The van der Waals surface area contributed by atoms with E-state index < -0.39 is 0 Å². The molecule has 0 bridgehead atoms. The standard InChI is InChI=1S/C14H15BrN4S2/c1-2-5-16-14-18-12(9-3-6-21-13(9)19-14)17-8-11-10(15)4-7-20-11/h3-4,6-7H,2,5,8H2,1H3,(H2,16,17,18,19). The van der Waals surface area contributed by atoms with Gasteiger partial charge in [0.1, 0.15) is 10.6 Å². The second-order valence-electron chi connectivity index (χ2n) is 4.51. The maximum absolute atomic E-state index is 4.60. The lowest BCUT2D eigenvalue weighted by Crippen LogP contribution is -2.07. The molecule has 4 nitrogen and oxygen atoms in total. The smallest absolute Gasteiger partial charge is 0.226 e. The van der Waals surface area contributed by atoms with E-state index in [1.54, 1.807) is 22.7 Å². The Morgan fingerprint density at radius 1 is 1.14 bits per heavy atom. The summed E-state index contributed by atoms with van der Waals surface area (Å²) >= 11 is 6.92. The Morgan fingerprint density at radius 2 is 2.00 bits per heavy atom. The van der Waals surface area contributed by atoms with Crippen molar-refractivity contribution in [1.29, 1.82) is 0 Å². The van der Waals surface area contributed by atoms with Gasteiger partial charge in [-0.25, -0.2) is 4.98 Å². The summed E-state index contributed by atoms with van der Waals surface area (Å²) in [6, 6.07) is 4.13. The van der Waals surface area contributed by atoms with Crippen molar-refractivity contribution in [3.05, 3.63) is 32.2 Å². The summed E-state index contributed by atoms with van der Waals surface area (Å²) in [5, 5.41) is 11.9. The summed E-state index contributed by atoms with van der Waals surface area (Å²) in [7, 11) is 0. The third-order valence-corrected chi connectivity index (χ3v) is 5.70. The third kappa shape index (κ3) is 3.36. The van der Waals surface area contributed by atoms with E-state index in [0.717, 1.165) is 40.0 Å². The van der Waals surface area contributed by atoms with E-state index in [0.29, 0.717) is 5.95 Å². The van der Waals surface area contributed by atoms with Crippen LogP contribution in [0.5, 0.6) is 0 Å². The van der Waals surface area contributed by atoms with Gasteiger partial charge in [-0.2, -0.15) is 4.98 Å². The normalized spacial score (nSPS) is 11.0. The van der Waals surface area contributed by atoms with Crippen molar-refractivity contribution in [3.8, 4) is 0 Å². The summed E-state index contributed by atoms with van der Waals surface area (Å²) < 4.78 is 1.14. The molecular formula is C14H15BrN4S2. The van der Waals surface area contributed by atoms with Crippen molar-refractivity contribution in [2.75, 3.05) is 17.2 Å². The Morgan fingerprint density at radius 3 is 2.76 bits per heavy atom. The van der Waals surface area contributed by atoms with Crippen LogP contribution < -0.4 is 10.6 Å². The number of hydrogen-bond acceptors (Lipinski definition) is 6. The van der Waals surface area contributed by atoms with Crippen molar-refractivity contribution in [3.63, 3.8) is 0 Å². The van der Waals surface area contributed by atoms with Crippen LogP contribution in [-0.2, 0) is 6.54 Å². The molecule has 3 aromatic rings. The fourth-order valence-electron chi connectivity index (χ4n) is 1.92. The van der Waals surface area contributed by atoms with Gasteiger partial charge in [0.25, 0.3) is 0 Å². The number of nitrogens with zero attached hydrogens (tertiary/aromatic N) is 2. The summed E-state index contributed by atoms with van der Waals surface area (Å²) in [4.78, 5) is 11.4. The maximum atomic E-state index is 4.60. The highest BCUT2D eigenvalue weighted by atomic mass is 79.9. The molecule has 3 rings (SSSR count). The number of aromatic nitrogens is 2. The quantitative estimate of drug-likeness (QED) is 0.633. The van der Waals surface area contributed by atoms with Crippen molar-refractivity contribution in [1.82, 2.24) is 9.97 Å². The first-order chi connectivity index (χ1) is 10.3. The molecule has 3 aromatic heterocycles. The SMILES string of the molecule is CCCNc1nc(NCc2sccc2Br)c2ccsc2n1. The van der Waals surface area contributed by atoms with Crippen molar-refractivity contribution >= 4 is 60.6 Å². The Balaban J connectivity index is 1.85. The van der Waals surface area contributed by atoms with E-state index in [1.165, 1.54) is 4.88 Å². The van der Waals surface area contributed by atoms with Crippen LogP contribution in [0.3, 0.4) is 0 Å². The molecule has 0 aliphatic rings. The first-order valence-corrected chi connectivity index (χ1v) is 9.28. The molecule has 0 aromatic carbocycles. The van der Waals surface area contributed by atoms with Crippen LogP contribution >= 0.6 is 38.6 Å². The molecule has 2 N–H and O–H groups in total. The average Bonchev–Trinajstić information content (AvgIpc) is 3.11. The molecule has 0 saturated carbocycles. The largest absolute Gasteiger partial charge is 0.364 e. The van der Waals surface area contributed by atoms with Crippen LogP contribution in [0.4, 0.5) is 11.8 Å². The molecule has 7 heteroatoms. The highest BCUT2D eigenvalue weighted by Gasteiger charge is 2.09. The molecule has 0 saturated heterocycles. The lowest BCUT2D eigenvalue weighted by Gasteiger charge is -2.09. The van der Waals surface area contributed by atoms with Gasteiger partial charge in [0.2, 0.25) is 5.95 Å².